The standard InChI is InChI=1S/C25H23F3N4O2/c26-25(27,28)19-10-11-22(29-16-19)32-14-12-31(13-15-32)17-23(33)30-21-9-5-4-8-20(21)24(34)18-6-2-1-3-7-18/h1-11,16H,12-15,17H2,(H,30,33). The number of aromatic nitrogens is 1. The average molecular weight is 468 g/mol. The van der Waals surface area contributed by atoms with Crippen molar-refractivity contribution in [1.29, 1.82) is 0 Å². The van der Waals surface area contributed by atoms with Crippen LogP contribution in [0.15, 0.2) is 72.9 Å². The van der Waals surface area contributed by atoms with E-state index in [1.54, 1.807) is 48.5 Å². The molecule has 0 saturated carbocycles. The van der Waals surface area contributed by atoms with Gasteiger partial charge in [-0.05, 0) is 24.3 Å². The third kappa shape index (κ3) is 5.60. The molecule has 0 bridgehead atoms. The fourth-order valence-corrected chi connectivity index (χ4v) is 3.80. The van der Waals surface area contributed by atoms with Crippen LogP contribution in [-0.2, 0) is 11.0 Å². The van der Waals surface area contributed by atoms with Crippen molar-refractivity contribution in [2.24, 2.45) is 0 Å². The summed E-state index contributed by atoms with van der Waals surface area (Å²) in [5.41, 5.74) is 0.629. The van der Waals surface area contributed by atoms with E-state index in [0.717, 1.165) is 12.3 Å². The van der Waals surface area contributed by atoms with Gasteiger partial charge in [-0.2, -0.15) is 13.2 Å². The van der Waals surface area contributed by atoms with Gasteiger partial charge in [0.25, 0.3) is 0 Å². The lowest BCUT2D eigenvalue weighted by Gasteiger charge is -2.35. The summed E-state index contributed by atoms with van der Waals surface area (Å²) in [6, 6.07) is 18.1. The number of para-hydroxylation sites is 1. The number of ketones is 1. The van der Waals surface area contributed by atoms with Gasteiger partial charge in [0.2, 0.25) is 5.91 Å². The van der Waals surface area contributed by atoms with Gasteiger partial charge in [-0.25, -0.2) is 4.98 Å². The van der Waals surface area contributed by atoms with E-state index in [9.17, 15) is 22.8 Å². The molecular formula is C25H23F3N4O2. The maximum absolute atomic E-state index is 12.8. The molecule has 0 spiro atoms. The Kier molecular flexibility index (Phi) is 6.93. The first-order chi connectivity index (χ1) is 16.3. The molecule has 1 aliphatic rings. The second-order valence-corrected chi connectivity index (χ2v) is 7.95. The summed E-state index contributed by atoms with van der Waals surface area (Å²) >= 11 is 0. The van der Waals surface area contributed by atoms with Gasteiger partial charge in [0.15, 0.2) is 5.78 Å². The number of halogens is 3. The molecule has 1 aliphatic heterocycles. The minimum Gasteiger partial charge on any atom is -0.354 e. The topological polar surface area (TPSA) is 65.5 Å². The minimum absolute atomic E-state index is 0.141. The Morgan fingerprint density at radius 1 is 0.882 bits per heavy atom. The number of piperazine rings is 1. The number of pyridine rings is 1. The number of nitrogens with one attached hydrogen (secondary N) is 1. The second kappa shape index (κ2) is 10.0. The number of alkyl halides is 3. The van der Waals surface area contributed by atoms with Gasteiger partial charge in [-0.1, -0.05) is 42.5 Å². The van der Waals surface area contributed by atoms with Crippen molar-refractivity contribution in [3.63, 3.8) is 0 Å². The molecule has 0 unspecified atom stereocenters. The van der Waals surface area contributed by atoms with E-state index in [2.05, 4.69) is 10.3 Å². The Morgan fingerprint density at radius 2 is 1.56 bits per heavy atom. The monoisotopic (exact) mass is 468 g/mol. The SMILES string of the molecule is O=C(CN1CCN(c2ccc(C(F)(F)F)cn2)CC1)Nc1ccccc1C(=O)c1ccccc1. The van der Waals surface area contributed by atoms with E-state index < -0.39 is 11.7 Å². The number of amides is 1. The average Bonchev–Trinajstić information content (AvgIpc) is 2.84. The van der Waals surface area contributed by atoms with Crippen molar-refractivity contribution in [1.82, 2.24) is 9.88 Å². The maximum atomic E-state index is 12.8. The van der Waals surface area contributed by atoms with Gasteiger partial charge in [0.05, 0.1) is 17.8 Å². The lowest BCUT2D eigenvalue weighted by molar-refractivity contribution is -0.137. The summed E-state index contributed by atoms with van der Waals surface area (Å²) in [7, 11) is 0. The van der Waals surface area contributed by atoms with Crippen LogP contribution in [-0.4, -0.2) is 54.3 Å². The highest BCUT2D eigenvalue weighted by molar-refractivity contribution is 6.13. The van der Waals surface area contributed by atoms with Crippen molar-refractivity contribution in [3.8, 4) is 0 Å². The smallest absolute Gasteiger partial charge is 0.354 e. The van der Waals surface area contributed by atoms with Crippen molar-refractivity contribution in [2.45, 2.75) is 6.18 Å². The lowest BCUT2D eigenvalue weighted by atomic mass is 10.0. The van der Waals surface area contributed by atoms with Gasteiger partial charge in [0.1, 0.15) is 5.82 Å². The highest BCUT2D eigenvalue weighted by Gasteiger charge is 2.31. The quantitative estimate of drug-likeness (QED) is 0.552. The zero-order valence-corrected chi connectivity index (χ0v) is 18.3. The molecule has 0 aliphatic carbocycles. The summed E-state index contributed by atoms with van der Waals surface area (Å²) in [4.78, 5) is 33.3. The Labute approximate surface area is 195 Å². The van der Waals surface area contributed by atoms with Crippen LogP contribution in [0.5, 0.6) is 0 Å². The van der Waals surface area contributed by atoms with Crippen LogP contribution >= 0.6 is 0 Å². The summed E-state index contributed by atoms with van der Waals surface area (Å²) < 4.78 is 38.2. The largest absolute Gasteiger partial charge is 0.417 e. The summed E-state index contributed by atoms with van der Waals surface area (Å²) in [6.07, 6.45) is -3.58. The predicted molar refractivity (Wildman–Crippen MR) is 123 cm³/mol. The number of nitrogens with zero attached hydrogens (tertiary/aromatic N) is 3. The summed E-state index contributed by atoms with van der Waals surface area (Å²) in [6.45, 7) is 2.33. The van der Waals surface area contributed by atoms with Gasteiger partial charge < -0.3 is 10.2 Å². The zero-order valence-electron chi connectivity index (χ0n) is 18.3. The number of anilines is 2. The fraction of sp³-hybridized carbons (Fsp3) is 0.240. The number of rotatable bonds is 6. The third-order valence-electron chi connectivity index (χ3n) is 5.62. The molecule has 2 heterocycles. The first kappa shape index (κ1) is 23.4. The Bertz CT molecular complexity index is 1140. The number of carbonyl (C=O) groups is 2. The Hall–Kier alpha value is -3.72. The lowest BCUT2D eigenvalue weighted by Crippen LogP contribution is -2.49. The maximum Gasteiger partial charge on any atom is 0.417 e. The van der Waals surface area contributed by atoms with E-state index in [1.165, 1.54) is 6.07 Å². The number of benzene rings is 2. The molecule has 176 valence electrons. The van der Waals surface area contributed by atoms with Gasteiger partial charge in [0, 0.05) is 43.5 Å². The molecule has 9 heteroatoms. The van der Waals surface area contributed by atoms with Crippen LogP contribution in [0.2, 0.25) is 0 Å². The van der Waals surface area contributed by atoms with Crippen LogP contribution in [0, 0.1) is 0 Å². The Morgan fingerprint density at radius 3 is 2.21 bits per heavy atom. The summed E-state index contributed by atoms with van der Waals surface area (Å²) in [5.74, 6) is 0.0639. The molecule has 1 amide bonds. The second-order valence-electron chi connectivity index (χ2n) is 7.95. The number of hydrogen-bond acceptors (Lipinski definition) is 5. The van der Waals surface area contributed by atoms with Crippen LogP contribution in [0.4, 0.5) is 24.7 Å². The zero-order chi connectivity index (χ0) is 24.1. The van der Waals surface area contributed by atoms with E-state index in [-0.39, 0.29) is 18.2 Å². The Balaban J connectivity index is 1.33. The highest BCUT2D eigenvalue weighted by atomic mass is 19.4. The molecule has 2 aromatic carbocycles. The van der Waals surface area contributed by atoms with Crippen LogP contribution < -0.4 is 10.2 Å². The molecule has 1 N–H and O–H groups in total. The highest BCUT2D eigenvalue weighted by Crippen LogP contribution is 2.29. The molecule has 34 heavy (non-hydrogen) atoms. The molecule has 1 saturated heterocycles. The normalized spacial score (nSPS) is 14.6. The summed E-state index contributed by atoms with van der Waals surface area (Å²) in [5, 5.41) is 2.84. The van der Waals surface area contributed by atoms with E-state index >= 15 is 0 Å². The number of carbonyl (C=O) groups excluding carboxylic acids is 2. The first-order valence-electron chi connectivity index (χ1n) is 10.8. The van der Waals surface area contributed by atoms with Gasteiger partial charge in [-0.3, -0.25) is 14.5 Å². The van der Waals surface area contributed by atoms with Crippen molar-refractivity contribution in [3.05, 3.63) is 89.6 Å². The molecule has 3 aromatic rings. The molecule has 4 rings (SSSR count). The molecule has 1 fully saturated rings. The minimum atomic E-state index is -4.41. The van der Waals surface area contributed by atoms with Gasteiger partial charge >= 0.3 is 6.18 Å². The molecule has 1 aromatic heterocycles. The van der Waals surface area contributed by atoms with Crippen LogP contribution in [0.3, 0.4) is 0 Å². The molecular weight excluding hydrogens is 445 g/mol. The molecule has 0 atom stereocenters. The van der Waals surface area contributed by atoms with Crippen LogP contribution in [0.1, 0.15) is 21.5 Å². The van der Waals surface area contributed by atoms with Crippen molar-refractivity contribution >= 4 is 23.2 Å². The molecule has 6 nitrogen and oxygen atoms in total. The number of hydrogen-bond donors (Lipinski definition) is 1. The van der Waals surface area contributed by atoms with E-state index in [0.29, 0.717) is 48.8 Å². The van der Waals surface area contributed by atoms with Crippen molar-refractivity contribution < 1.29 is 22.8 Å². The van der Waals surface area contributed by atoms with Crippen molar-refractivity contribution in [2.75, 3.05) is 42.9 Å². The third-order valence-corrected chi connectivity index (χ3v) is 5.62. The van der Waals surface area contributed by atoms with E-state index in [1.807, 2.05) is 15.9 Å². The fourth-order valence-electron chi connectivity index (χ4n) is 3.80. The van der Waals surface area contributed by atoms with E-state index in [4.69, 9.17) is 0 Å². The first-order valence-corrected chi connectivity index (χ1v) is 10.8. The van der Waals surface area contributed by atoms with Crippen LogP contribution in [0.25, 0.3) is 0 Å². The molecule has 0 radical (unpaired) electrons. The predicted octanol–water partition coefficient (Wildman–Crippen LogP) is 4.09. The van der Waals surface area contributed by atoms with Gasteiger partial charge in [-0.15, -0.1) is 0 Å².